The zero-order chi connectivity index (χ0) is 15.1. The van der Waals surface area contributed by atoms with Crippen molar-refractivity contribution in [1.82, 2.24) is 19.9 Å². The number of aromatic amines is 1. The van der Waals surface area contributed by atoms with Gasteiger partial charge in [0.25, 0.3) is 5.56 Å². The maximum Gasteiger partial charge on any atom is 0.251 e. The van der Waals surface area contributed by atoms with Crippen LogP contribution in [0.5, 0.6) is 0 Å². The van der Waals surface area contributed by atoms with Crippen molar-refractivity contribution in [3.8, 4) is 10.4 Å². The summed E-state index contributed by atoms with van der Waals surface area (Å²) in [7, 11) is 0. The van der Waals surface area contributed by atoms with Crippen molar-refractivity contribution >= 4 is 29.4 Å². The minimum Gasteiger partial charge on any atom is -0.317 e. The molecule has 0 unspecified atom stereocenters. The van der Waals surface area contributed by atoms with Gasteiger partial charge in [-0.15, -0.1) is 23.7 Å². The SMILES string of the molecule is Cc1csc(-c2cnn3c(C4CCNCC4)cc(=O)[nH]c23)c1.Cl. The van der Waals surface area contributed by atoms with Crippen LogP contribution in [-0.4, -0.2) is 27.7 Å². The third-order valence-electron chi connectivity index (χ3n) is 4.29. The standard InChI is InChI=1S/C16H18N4OS.ClH/c1-10-6-14(22-9-10)12-8-18-20-13(7-15(21)19-16(12)20)11-2-4-17-5-3-11;/h6-9,11,17H,2-5H2,1H3,(H,19,21);1H. The predicted molar refractivity (Wildman–Crippen MR) is 96.0 cm³/mol. The zero-order valence-electron chi connectivity index (χ0n) is 12.8. The summed E-state index contributed by atoms with van der Waals surface area (Å²) in [6, 6.07) is 3.84. The van der Waals surface area contributed by atoms with Gasteiger partial charge in [0.05, 0.1) is 17.5 Å². The fraction of sp³-hybridized carbons (Fsp3) is 0.375. The lowest BCUT2D eigenvalue weighted by molar-refractivity contribution is 0.446. The van der Waals surface area contributed by atoms with Crippen molar-refractivity contribution in [1.29, 1.82) is 0 Å². The van der Waals surface area contributed by atoms with Crippen LogP contribution in [0.25, 0.3) is 16.1 Å². The molecular formula is C16H19ClN4OS. The van der Waals surface area contributed by atoms with Crippen molar-refractivity contribution in [2.24, 2.45) is 0 Å². The normalized spacial score (nSPS) is 15.7. The average Bonchev–Trinajstić information content (AvgIpc) is 3.13. The van der Waals surface area contributed by atoms with E-state index in [-0.39, 0.29) is 18.0 Å². The Morgan fingerprint density at radius 2 is 2.09 bits per heavy atom. The summed E-state index contributed by atoms with van der Waals surface area (Å²) in [5.41, 5.74) is 4.03. The second-order valence-electron chi connectivity index (χ2n) is 5.89. The van der Waals surface area contributed by atoms with E-state index in [4.69, 9.17) is 0 Å². The molecule has 0 bridgehead atoms. The van der Waals surface area contributed by atoms with Crippen molar-refractivity contribution in [3.05, 3.63) is 45.3 Å². The van der Waals surface area contributed by atoms with Crippen LogP contribution in [0.3, 0.4) is 0 Å². The van der Waals surface area contributed by atoms with E-state index in [1.54, 1.807) is 17.4 Å². The smallest absolute Gasteiger partial charge is 0.251 e. The molecule has 1 saturated heterocycles. The van der Waals surface area contributed by atoms with Gasteiger partial charge in [0, 0.05) is 16.9 Å². The second-order valence-corrected chi connectivity index (χ2v) is 6.80. The number of aromatic nitrogens is 3. The molecule has 1 aliphatic rings. The quantitative estimate of drug-likeness (QED) is 0.747. The van der Waals surface area contributed by atoms with Gasteiger partial charge in [-0.3, -0.25) is 4.79 Å². The van der Waals surface area contributed by atoms with E-state index in [0.717, 1.165) is 47.7 Å². The Labute approximate surface area is 144 Å². The molecule has 7 heteroatoms. The summed E-state index contributed by atoms with van der Waals surface area (Å²) >= 11 is 1.68. The maximum atomic E-state index is 12.1. The number of aryl methyl sites for hydroxylation is 1. The number of fused-ring (bicyclic) bond motifs is 1. The van der Waals surface area contributed by atoms with Gasteiger partial charge in [0.1, 0.15) is 5.65 Å². The molecule has 5 nitrogen and oxygen atoms in total. The number of hydrogen-bond acceptors (Lipinski definition) is 4. The molecule has 3 aromatic rings. The number of H-pyrrole nitrogens is 1. The van der Waals surface area contributed by atoms with E-state index in [2.05, 4.69) is 33.8 Å². The Balaban J connectivity index is 0.00000156. The highest BCUT2D eigenvalue weighted by Gasteiger charge is 2.21. The van der Waals surface area contributed by atoms with Crippen LogP contribution in [-0.2, 0) is 0 Å². The molecule has 0 saturated carbocycles. The van der Waals surface area contributed by atoms with Gasteiger partial charge in [0.15, 0.2) is 0 Å². The largest absolute Gasteiger partial charge is 0.317 e. The first-order valence-corrected chi connectivity index (χ1v) is 8.47. The first kappa shape index (κ1) is 16.2. The Kier molecular flexibility index (Phi) is 4.57. The Hall–Kier alpha value is -1.63. The molecular weight excluding hydrogens is 332 g/mol. The Bertz CT molecular complexity index is 876. The fourth-order valence-corrected chi connectivity index (χ4v) is 4.09. The van der Waals surface area contributed by atoms with Gasteiger partial charge >= 0.3 is 0 Å². The molecule has 0 atom stereocenters. The number of halogens is 1. The van der Waals surface area contributed by atoms with Gasteiger partial charge in [-0.05, 0) is 49.9 Å². The molecule has 2 N–H and O–H groups in total. The summed E-state index contributed by atoms with van der Waals surface area (Å²) in [6.45, 7) is 4.07. The molecule has 4 rings (SSSR count). The molecule has 122 valence electrons. The van der Waals surface area contributed by atoms with Crippen molar-refractivity contribution in [2.45, 2.75) is 25.7 Å². The predicted octanol–water partition coefficient (Wildman–Crippen LogP) is 2.95. The summed E-state index contributed by atoms with van der Waals surface area (Å²) in [5.74, 6) is 0.392. The van der Waals surface area contributed by atoms with Crippen LogP contribution < -0.4 is 10.9 Å². The number of nitrogens with one attached hydrogen (secondary N) is 2. The first-order chi connectivity index (χ1) is 10.7. The lowest BCUT2D eigenvalue weighted by atomic mass is 9.94. The molecule has 0 spiro atoms. The van der Waals surface area contributed by atoms with Crippen molar-refractivity contribution < 1.29 is 0 Å². The van der Waals surface area contributed by atoms with Crippen molar-refractivity contribution in [3.63, 3.8) is 0 Å². The van der Waals surface area contributed by atoms with Crippen molar-refractivity contribution in [2.75, 3.05) is 13.1 Å². The number of hydrogen-bond donors (Lipinski definition) is 2. The lowest BCUT2D eigenvalue weighted by Crippen LogP contribution is -2.28. The van der Waals surface area contributed by atoms with E-state index in [1.807, 2.05) is 10.7 Å². The number of thiophene rings is 1. The topological polar surface area (TPSA) is 62.2 Å². The highest BCUT2D eigenvalue weighted by Crippen LogP contribution is 2.31. The zero-order valence-corrected chi connectivity index (χ0v) is 14.5. The van der Waals surface area contributed by atoms with Crippen LogP contribution in [0.4, 0.5) is 0 Å². The third-order valence-corrected chi connectivity index (χ3v) is 5.37. The second kappa shape index (κ2) is 6.47. The summed E-state index contributed by atoms with van der Waals surface area (Å²) in [4.78, 5) is 16.2. The van der Waals surface area contributed by atoms with Gasteiger partial charge in [-0.2, -0.15) is 5.10 Å². The first-order valence-electron chi connectivity index (χ1n) is 7.59. The number of piperidine rings is 1. The van der Waals surface area contributed by atoms with Crippen LogP contribution in [0, 0.1) is 6.92 Å². The molecule has 1 aliphatic heterocycles. The highest BCUT2D eigenvalue weighted by molar-refractivity contribution is 7.13. The minimum absolute atomic E-state index is 0. The Morgan fingerprint density at radius 1 is 1.30 bits per heavy atom. The molecule has 0 radical (unpaired) electrons. The molecule has 1 fully saturated rings. The van der Waals surface area contributed by atoms with Gasteiger partial charge in [-0.1, -0.05) is 0 Å². The molecule has 0 amide bonds. The van der Waals surface area contributed by atoms with E-state index in [1.165, 1.54) is 5.56 Å². The molecule has 0 aliphatic carbocycles. The van der Waals surface area contributed by atoms with Gasteiger partial charge in [-0.25, -0.2) is 4.52 Å². The fourth-order valence-electron chi connectivity index (χ4n) is 3.17. The van der Waals surface area contributed by atoms with Crippen LogP contribution in [0.1, 0.15) is 30.0 Å². The third kappa shape index (κ3) is 2.94. The number of nitrogens with zero attached hydrogens (tertiary/aromatic N) is 2. The number of rotatable bonds is 2. The van der Waals surface area contributed by atoms with E-state index in [0.29, 0.717) is 5.92 Å². The molecule has 0 aromatic carbocycles. The van der Waals surface area contributed by atoms with Crippen LogP contribution in [0.15, 0.2) is 28.5 Å². The summed E-state index contributed by atoms with van der Waals surface area (Å²) < 4.78 is 1.92. The van der Waals surface area contributed by atoms with Crippen LogP contribution in [0.2, 0.25) is 0 Å². The van der Waals surface area contributed by atoms with E-state index >= 15 is 0 Å². The van der Waals surface area contributed by atoms with Gasteiger partial charge < -0.3 is 10.3 Å². The van der Waals surface area contributed by atoms with Gasteiger partial charge in [0.2, 0.25) is 0 Å². The average molecular weight is 351 g/mol. The molecule has 4 heterocycles. The van der Waals surface area contributed by atoms with E-state index in [9.17, 15) is 4.79 Å². The van der Waals surface area contributed by atoms with Crippen LogP contribution >= 0.6 is 23.7 Å². The summed E-state index contributed by atoms with van der Waals surface area (Å²) in [6.07, 6.45) is 3.96. The summed E-state index contributed by atoms with van der Waals surface area (Å²) in [5, 5.41) is 10.0. The molecule has 3 aromatic heterocycles. The lowest BCUT2D eigenvalue weighted by Gasteiger charge is -2.23. The Morgan fingerprint density at radius 3 is 2.78 bits per heavy atom. The highest BCUT2D eigenvalue weighted by atomic mass is 35.5. The maximum absolute atomic E-state index is 12.1. The van der Waals surface area contributed by atoms with E-state index < -0.39 is 0 Å². The minimum atomic E-state index is -0.0453. The monoisotopic (exact) mass is 350 g/mol. The molecule has 23 heavy (non-hydrogen) atoms.